The van der Waals surface area contributed by atoms with Crippen molar-refractivity contribution in [3.8, 4) is 11.3 Å². The summed E-state index contributed by atoms with van der Waals surface area (Å²) in [6.45, 7) is 11.7. The second-order valence-corrected chi connectivity index (χ2v) is 9.76. The minimum Gasteiger partial charge on any atom is -0.540 e. The van der Waals surface area contributed by atoms with E-state index in [4.69, 9.17) is 4.42 Å². The second-order valence-electron chi connectivity index (χ2n) is 8.76. The van der Waals surface area contributed by atoms with Crippen molar-refractivity contribution in [3.05, 3.63) is 111 Å². The fourth-order valence-electron chi connectivity index (χ4n) is 4.24. The van der Waals surface area contributed by atoms with E-state index in [1.165, 1.54) is 8.58 Å². The number of para-hydroxylation sites is 1. The van der Waals surface area contributed by atoms with E-state index in [1.807, 2.05) is 70.2 Å². The van der Waals surface area contributed by atoms with Gasteiger partial charge in [-0.1, -0.05) is 32.0 Å². The summed E-state index contributed by atoms with van der Waals surface area (Å²) < 4.78 is 6.43. The van der Waals surface area contributed by atoms with Crippen molar-refractivity contribution in [3.63, 3.8) is 0 Å². The van der Waals surface area contributed by atoms with Gasteiger partial charge in [-0.05, 0) is 50.1 Å². The number of hydrogen-bond acceptors (Lipinski definition) is 4. The van der Waals surface area contributed by atoms with Gasteiger partial charge in [-0.25, -0.2) is 4.79 Å². The molecule has 4 rings (SSSR count). The summed E-state index contributed by atoms with van der Waals surface area (Å²) in [6.07, 6.45) is 6.24. The molecule has 1 unspecified atom stereocenters. The molecule has 0 saturated carbocycles. The van der Waals surface area contributed by atoms with Gasteiger partial charge in [-0.15, -0.1) is 12.1 Å². The Morgan fingerprint density at radius 2 is 1.77 bits per heavy atom. The maximum Gasteiger partial charge on any atom is 1.00 e. The maximum atomic E-state index is 13.4. The summed E-state index contributed by atoms with van der Waals surface area (Å²) in [6, 6.07) is 18.1. The molecule has 39 heavy (non-hydrogen) atoms. The van der Waals surface area contributed by atoms with Gasteiger partial charge in [0, 0.05) is 16.8 Å². The monoisotopic (exact) mass is 566 g/mol. The average Bonchev–Trinajstić information content (AvgIpc) is 2.92. The number of allylic oxidation sites excluding steroid dienone is 1. The zero-order chi connectivity index (χ0) is 27.8. The molecule has 0 aliphatic carbocycles. The number of aryl methyl sites for hydroxylation is 1. The largest absolute Gasteiger partial charge is 1.00 e. The van der Waals surface area contributed by atoms with Crippen LogP contribution < -0.4 is 62.1 Å². The summed E-state index contributed by atoms with van der Waals surface area (Å²) in [7, 11) is 1.29. The average molecular weight is 567 g/mol. The van der Waals surface area contributed by atoms with Crippen LogP contribution in [0.4, 0.5) is 5.69 Å². The van der Waals surface area contributed by atoms with E-state index >= 15 is 0 Å². The van der Waals surface area contributed by atoms with Crippen molar-refractivity contribution in [1.82, 2.24) is 0 Å². The second kappa shape index (κ2) is 15.7. The Morgan fingerprint density at radius 3 is 2.41 bits per heavy atom. The SMILES string of the molecule is CC.C[P-]CC=[C-]c1ccc(-c2oc3c(C(C)Nc4ccccc4C(=O)O)cc(C)cc3c(=O)c2C)cc1.[K+]. The predicted octanol–water partition coefficient (Wildman–Crippen LogP) is 5.26. The van der Waals surface area contributed by atoms with Gasteiger partial charge in [0.15, 0.2) is 5.43 Å². The Labute approximate surface area is 275 Å². The van der Waals surface area contributed by atoms with Crippen molar-refractivity contribution in [1.29, 1.82) is 0 Å². The van der Waals surface area contributed by atoms with Crippen molar-refractivity contribution in [2.24, 2.45) is 0 Å². The normalized spacial score (nSPS) is 11.7. The molecule has 0 amide bonds. The molecule has 0 aliphatic rings. The molecule has 1 atom stereocenters. The van der Waals surface area contributed by atoms with Crippen LogP contribution in [-0.4, -0.2) is 23.9 Å². The smallest absolute Gasteiger partial charge is 0.540 e. The summed E-state index contributed by atoms with van der Waals surface area (Å²) in [5, 5.41) is 13.4. The molecule has 0 saturated heterocycles. The molecule has 4 aromatic rings. The third kappa shape index (κ3) is 8.00. The summed E-state index contributed by atoms with van der Waals surface area (Å²) in [4.78, 5) is 25.1. The molecule has 0 fully saturated rings. The first-order valence-electron chi connectivity index (χ1n) is 12.7. The molecule has 0 aliphatic heterocycles. The van der Waals surface area contributed by atoms with Gasteiger partial charge in [-0.3, -0.25) is 4.79 Å². The Kier molecular flexibility index (Phi) is 13.3. The fourth-order valence-corrected chi connectivity index (χ4v) is 4.52. The van der Waals surface area contributed by atoms with E-state index in [0.29, 0.717) is 28.0 Å². The van der Waals surface area contributed by atoms with E-state index in [0.717, 1.165) is 28.4 Å². The molecular weight excluding hydrogens is 532 g/mol. The number of rotatable bonds is 8. The van der Waals surface area contributed by atoms with Gasteiger partial charge < -0.3 is 23.4 Å². The molecule has 0 spiro atoms. The van der Waals surface area contributed by atoms with E-state index < -0.39 is 5.97 Å². The Balaban J connectivity index is 0.00000174. The molecule has 1 heterocycles. The number of carboxylic acid groups (broad SMARTS) is 1. The first kappa shape index (κ1) is 33.2. The Bertz CT molecular complexity index is 1510. The topological polar surface area (TPSA) is 79.5 Å². The molecule has 1 aromatic heterocycles. The number of benzene rings is 3. The number of fused-ring (bicyclic) bond motifs is 1. The van der Waals surface area contributed by atoms with Crippen LogP contribution in [0.3, 0.4) is 0 Å². The molecule has 7 heteroatoms. The van der Waals surface area contributed by atoms with E-state index in [2.05, 4.69) is 18.1 Å². The van der Waals surface area contributed by atoms with E-state index in [-0.39, 0.29) is 68.4 Å². The van der Waals surface area contributed by atoms with Gasteiger partial charge in [-0.2, -0.15) is 42.7 Å². The standard InChI is InChI=1S/C30H28NO4P.C2H6.K/c1-18-16-24(20(3)31-26-10-6-5-9-23(26)30(33)34)29-25(17-18)27(32)19(2)28(35-29)22-13-11-21(12-14-22)8-7-15-36-4;1-2;/h5-7,9-14,16-17,20,31H,15H2,1-4H3,(H,33,34);1-2H3;/q-2;;+1. The van der Waals surface area contributed by atoms with Crippen LogP contribution in [0.5, 0.6) is 0 Å². The van der Waals surface area contributed by atoms with Crippen LogP contribution in [-0.2, 0) is 0 Å². The van der Waals surface area contributed by atoms with Gasteiger partial charge in [0.2, 0.25) is 0 Å². The van der Waals surface area contributed by atoms with Crippen molar-refractivity contribution in [2.45, 2.75) is 40.7 Å². The third-order valence-corrected chi connectivity index (χ3v) is 6.63. The summed E-state index contributed by atoms with van der Waals surface area (Å²) in [5.74, 6) is -0.480. The molecule has 0 radical (unpaired) electrons. The number of carbonyl (C=O) groups is 1. The zero-order valence-electron chi connectivity index (χ0n) is 23.8. The first-order valence-corrected chi connectivity index (χ1v) is 14.2. The number of carboxylic acids is 1. The first-order chi connectivity index (χ1) is 18.3. The van der Waals surface area contributed by atoms with Crippen LogP contribution in [0.15, 0.2) is 76.0 Å². The minimum atomic E-state index is -1.01. The van der Waals surface area contributed by atoms with Crippen LogP contribution in [0, 0.1) is 19.9 Å². The number of hydrogen-bond donors (Lipinski definition) is 2. The molecular formula is C32H34KNO4P-. The van der Waals surface area contributed by atoms with Gasteiger partial charge >= 0.3 is 57.4 Å². The van der Waals surface area contributed by atoms with Crippen molar-refractivity contribution in [2.75, 3.05) is 18.1 Å². The molecule has 198 valence electrons. The van der Waals surface area contributed by atoms with Crippen molar-refractivity contribution < 1.29 is 65.7 Å². The van der Waals surface area contributed by atoms with Crippen LogP contribution >= 0.6 is 8.58 Å². The maximum absolute atomic E-state index is 13.4. The van der Waals surface area contributed by atoms with Gasteiger partial charge in [0.25, 0.3) is 0 Å². The van der Waals surface area contributed by atoms with Crippen LogP contribution in [0.1, 0.15) is 59.4 Å². The third-order valence-electron chi connectivity index (χ3n) is 6.08. The predicted molar refractivity (Wildman–Crippen MR) is 159 cm³/mol. The molecule has 0 bridgehead atoms. The van der Waals surface area contributed by atoms with Crippen LogP contribution in [0.2, 0.25) is 0 Å². The van der Waals surface area contributed by atoms with E-state index in [1.54, 1.807) is 31.2 Å². The van der Waals surface area contributed by atoms with Crippen molar-refractivity contribution >= 4 is 31.2 Å². The Hall–Kier alpha value is -2.05. The number of anilines is 1. The molecule has 2 N–H and O–H groups in total. The van der Waals surface area contributed by atoms with Crippen LogP contribution in [0.25, 0.3) is 22.3 Å². The Morgan fingerprint density at radius 1 is 1.10 bits per heavy atom. The minimum absolute atomic E-state index is 0. The molecule has 3 aromatic carbocycles. The van der Waals surface area contributed by atoms with Gasteiger partial charge in [0.05, 0.1) is 17.0 Å². The fraction of sp³-hybridized carbons (Fsp3) is 0.250. The van der Waals surface area contributed by atoms with Gasteiger partial charge in [0.1, 0.15) is 11.3 Å². The quantitative estimate of drug-likeness (QED) is 0.173. The van der Waals surface area contributed by atoms with E-state index in [9.17, 15) is 14.7 Å². The molecule has 5 nitrogen and oxygen atoms in total. The summed E-state index contributed by atoms with van der Waals surface area (Å²) >= 11 is 0. The number of aromatic carboxylic acids is 1. The number of nitrogens with one attached hydrogen (secondary N) is 1. The zero-order valence-corrected chi connectivity index (χ0v) is 27.8. The summed E-state index contributed by atoms with van der Waals surface area (Å²) in [5.41, 5.74) is 5.15.